The number of hydrogen-bond donors (Lipinski definition) is 1. The van der Waals surface area contributed by atoms with E-state index in [-0.39, 0.29) is 12.1 Å². The zero-order valence-electron chi connectivity index (χ0n) is 12.5. The lowest BCUT2D eigenvalue weighted by atomic mass is 10.0. The zero-order chi connectivity index (χ0) is 15.4. The maximum Gasteiger partial charge on any atom is 0.139 e. The van der Waals surface area contributed by atoms with Crippen LogP contribution in [0.15, 0.2) is 46.9 Å². The molecule has 0 aliphatic rings. The van der Waals surface area contributed by atoms with Crippen molar-refractivity contribution in [1.82, 2.24) is 0 Å². The van der Waals surface area contributed by atoms with Gasteiger partial charge in [0.05, 0.1) is 7.11 Å². The lowest BCUT2D eigenvalue weighted by molar-refractivity contribution is 0.180. The fraction of sp³-hybridized carbons (Fsp3) is 0.294. The van der Waals surface area contributed by atoms with Crippen LogP contribution in [0.25, 0.3) is 0 Å². The highest BCUT2D eigenvalue weighted by molar-refractivity contribution is 9.10. The van der Waals surface area contributed by atoms with E-state index in [2.05, 4.69) is 15.9 Å². The molecule has 0 bridgehead atoms. The molecular weight excluding hydrogens is 330 g/mol. The molecule has 0 aromatic heterocycles. The molecule has 0 spiro atoms. The largest absolute Gasteiger partial charge is 0.497 e. The molecule has 2 atom stereocenters. The van der Waals surface area contributed by atoms with E-state index in [0.29, 0.717) is 0 Å². The predicted molar refractivity (Wildman–Crippen MR) is 88.9 cm³/mol. The van der Waals surface area contributed by atoms with Gasteiger partial charge in [-0.05, 0) is 55.3 Å². The van der Waals surface area contributed by atoms with Crippen LogP contribution in [-0.2, 0) is 0 Å². The molecule has 0 radical (unpaired) electrons. The molecule has 0 aliphatic heterocycles. The summed E-state index contributed by atoms with van der Waals surface area (Å²) in [6, 6.07) is 13.6. The third kappa shape index (κ3) is 3.99. The van der Waals surface area contributed by atoms with Gasteiger partial charge in [0.25, 0.3) is 0 Å². The van der Waals surface area contributed by atoms with Crippen molar-refractivity contribution in [3.8, 4) is 11.5 Å². The molecule has 112 valence electrons. The zero-order valence-corrected chi connectivity index (χ0v) is 14.1. The number of aryl methyl sites for hydroxylation is 1. The number of nitrogens with two attached hydrogens (primary N) is 1. The van der Waals surface area contributed by atoms with Crippen LogP contribution in [0.1, 0.15) is 24.2 Å². The summed E-state index contributed by atoms with van der Waals surface area (Å²) >= 11 is 3.49. The summed E-state index contributed by atoms with van der Waals surface area (Å²) in [6.07, 6.45) is -0.222. The van der Waals surface area contributed by atoms with Crippen molar-refractivity contribution in [2.24, 2.45) is 5.73 Å². The first kappa shape index (κ1) is 15.9. The fourth-order valence-electron chi connectivity index (χ4n) is 2.13. The molecule has 0 aliphatic carbocycles. The Balaban J connectivity index is 2.28. The Bertz CT molecular complexity index is 613. The van der Waals surface area contributed by atoms with Gasteiger partial charge in [0.1, 0.15) is 17.6 Å². The van der Waals surface area contributed by atoms with Gasteiger partial charge in [-0.25, -0.2) is 0 Å². The van der Waals surface area contributed by atoms with Crippen LogP contribution in [0, 0.1) is 6.92 Å². The van der Waals surface area contributed by atoms with Gasteiger partial charge in [-0.1, -0.05) is 28.1 Å². The molecule has 0 amide bonds. The molecule has 0 heterocycles. The normalized spacial score (nSPS) is 13.6. The van der Waals surface area contributed by atoms with Crippen LogP contribution in [0.5, 0.6) is 11.5 Å². The van der Waals surface area contributed by atoms with Gasteiger partial charge in [-0.2, -0.15) is 0 Å². The summed E-state index contributed by atoms with van der Waals surface area (Å²) in [5.74, 6) is 1.61. The third-order valence-electron chi connectivity index (χ3n) is 3.29. The summed E-state index contributed by atoms with van der Waals surface area (Å²) in [5, 5.41) is 0. The van der Waals surface area contributed by atoms with Gasteiger partial charge in [-0.15, -0.1) is 0 Å². The van der Waals surface area contributed by atoms with E-state index in [1.54, 1.807) is 7.11 Å². The second-order valence-corrected chi connectivity index (χ2v) is 5.94. The standard InChI is InChI=1S/C17H20BrNO2/c1-11-9-15(7-8-16(11)18)21-17(12(2)19)13-5-4-6-14(10-13)20-3/h4-10,12,17H,19H2,1-3H3. The molecular formula is C17H20BrNO2. The van der Waals surface area contributed by atoms with E-state index in [0.717, 1.165) is 27.1 Å². The Kier molecular flexibility index (Phi) is 5.26. The number of benzene rings is 2. The average molecular weight is 350 g/mol. The summed E-state index contributed by atoms with van der Waals surface area (Å²) in [4.78, 5) is 0. The summed E-state index contributed by atoms with van der Waals surface area (Å²) in [6.45, 7) is 3.97. The maximum atomic E-state index is 6.10. The van der Waals surface area contributed by atoms with Crippen LogP contribution >= 0.6 is 15.9 Å². The molecule has 4 heteroatoms. The van der Waals surface area contributed by atoms with Crippen molar-refractivity contribution in [3.05, 3.63) is 58.1 Å². The van der Waals surface area contributed by atoms with Crippen LogP contribution in [0.3, 0.4) is 0 Å². The van der Waals surface area contributed by atoms with Crippen molar-refractivity contribution in [1.29, 1.82) is 0 Å². The van der Waals surface area contributed by atoms with Gasteiger partial charge >= 0.3 is 0 Å². The lowest BCUT2D eigenvalue weighted by Gasteiger charge is -2.23. The average Bonchev–Trinajstić information content (AvgIpc) is 2.48. The number of methoxy groups -OCH3 is 1. The minimum atomic E-state index is -0.222. The predicted octanol–water partition coefficient (Wildman–Crippen LogP) is 4.23. The van der Waals surface area contributed by atoms with Crippen LogP contribution in [0.2, 0.25) is 0 Å². The van der Waals surface area contributed by atoms with Gasteiger partial charge in [0.2, 0.25) is 0 Å². The minimum absolute atomic E-state index is 0.138. The Morgan fingerprint density at radius 1 is 1.10 bits per heavy atom. The molecule has 0 fully saturated rings. The van der Waals surface area contributed by atoms with Gasteiger partial charge < -0.3 is 15.2 Å². The Hall–Kier alpha value is -1.52. The van der Waals surface area contributed by atoms with Crippen molar-refractivity contribution >= 4 is 15.9 Å². The first-order valence-electron chi connectivity index (χ1n) is 6.83. The lowest BCUT2D eigenvalue weighted by Crippen LogP contribution is -2.29. The summed E-state index contributed by atoms with van der Waals surface area (Å²) in [7, 11) is 1.65. The highest BCUT2D eigenvalue weighted by atomic mass is 79.9. The molecule has 2 aromatic carbocycles. The van der Waals surface area contributed by atoms with E-state index in [9.17, 15) is 0 Å². The highest BCUT2D eigenvalue weighted by Crippen LogP contribution is 2.29. The number of ether oxygens (including phenoxy) is 2. The molecule has 2 N–H and O–H groups in total. The second-order valence-electron chi connectivity index (χ2n) is 5.09. The number of rotatable bonds is 5. The second kappa shape index (κ2) is 6.96. The Morgan fingerprint density at radius 2 is 1.86 bits per heavy atom. The van der Waals surface area contributed by atoms with Crippen LogP contribution in [0.4, 0.5) is 0 Å². The Labute approximate surface area is 134 Å². The molecule has 0 saturated heterocycles. The minimum Gasteiger partial charge on any atom is -0.497 e. The topological polar surface area (TPSA) is 44.5 Å². The molecule has 2 aromatic rings. The fourth-order valence-corrected chi connectivity index (χ4v) is 2.38. The van der Waals surface area contributed by atoms with Crippen LogP contribution < -0.4 is 15.2 Å². The molecule has 2 rings (SSSR count). The summed E-state index contributed by atoms with van der Waals surface area (Å²) in [5.41, 5.74) is 8.23. The van der Waals surface area contributed by atoms with Crippen molar-refractivity contribution in [3.63, 3.8) is 0 Å². The number of hydrogen-bond acceptors (Lipinski definition) is 3. The van der Waals surface area contributed by atoms with Crippen molar-refractivity contribution in [2.45, 2.75) is 26.0 Å². The van der Waals surface area contributed by atoms with E-state index in [1.807, 2.05) is 56.3 Å². The van der Waals surface area contributed by atoms with E-state index < -0.39 is 0 Å². The van der Waals surface area contributed by atoms with Crippen LogP contribution in [-0.4, -0.2) is 13.2 Å². The smallest absolute Gasteiger partial charge is 0.139 e. The van der Waals surface area contributed by atoms with Crippen molar-refractivity contribution < 1.29 is 9.47 Å². The SMILES string of the molecule is COc1cccc(C(Oc2ccc(Br)c(C)c2)C(C)N)c1. The molecule has 2 unspecified atom stereocenters. The van der Waals surface area contributed by atoms with E-state index >= 15 is 0 Å². The summed E-state index contributed by atoms with van der Waals surface area (Å²) < 4.78 is 12.4. The van der Waals surface area contributed by atoms with Gasteiger partial charge in [0, 0.05) is 10.5 Å². The maximum absolute atomic E-state index is 6.10. The first-order chi connectivity index (χ1) is 10.0. The van der Waals surface area contributed by atoms with Crippen molar-refractivity contribution in [2.75, 3.05) is 7.11 Å². The monoisotopic (exact) mass is 349 g/mol. The Morgan fingerprint density at radius 3 is 2.48 bits per heavy atom. The van der Waals surface area contributed by atoms with Gasteiger partial charge in [0.15, 0.2) is 0 Å². The van der Waals surface area contributed by atoms with Gasteiger partial charge in [-0.3, -0.25) is 0 Å². The molecule has 0 saturated carbocycles. The van der Waals surface area contributed by atoms with E-state index in [4.69, 9.17) is 15.2 Å². The highest BCUT2D eigenvalue weighted by Gasteiger charge is 2.19. The first-order valence-corrected chi connectivity index (χ1v) is 7.63. The quantitative estimate of drug-likeness (QED) is 0.878. The molecule has 21 heavy (non-hydrogen) atoms. The number of halogens is 1. The van der Waals surface area contributed by atoms with E-state index in [1.165, 1.54) is 0 Å². The third-order valence-corrected chi connectivity index (χ3v) is 4.18. The molecule has 3 nitrogen and oxygen atoms in total.